The van der Waals surface area contributed by atoms with Crippen LogP contribution < -0.4 is 4.90 Å². The van der Waals surface area contributed by atoms with Crippen molar-refractivity contribution in [3.63, 3.8) is 0 Å². The number of fused-ring (bicyclic) bond motifs is 1. The monoisotopic (exact) mass is 258 g/mol. The Hall–Kier alpha value is -1.80. The number of anilines is 1. The molecule has 2 aromatic rings. The predicted octanol–water partition coefficient (Wildman–Crippen LogP) is 3.65. The Kier molecular flexibility index (Phi) is 3.68. The molecule has 1 N–H and O–H groups in total. The number of nitrogens with one attached hydrogen (secondary N) is 1. The molecule has 0 aromatic heterocycles. The Morgan fingerprint density at radius 1 is 0.944 bits per heavy atom. The zero-order chi connectivity index (χ0) is 11.7. The Morgan fingerprint density at radius 2 is 1.61 bits per heavy atom. The Morgan fingerprint density at radius 3 is 2.39 bits per heavy atom. The van der Waals surface area contributed by atoms with Gasteiger partial charge in [-0.2, -0.15) is 0 Å². The number of amidine groups is 1. The van der Waals surface area contributed by atoms with Crippen LogP contribution in [0, 0.1) is 5.41 Å². The van der Waals surface area contributed by atoms with Crippen LogP contribution in [0.1, 0.15) is 11.1 Å². The lowest BCUT2D eigenvalue weighted by atomic mass is 10.1. The Balaban J connectivity index is 0.00000120. The van der Waals surface area contributed by atoms with Gasteiger partial charge in [0.25, 0.3) is 0 Å². The van der Waals surface area contributed by atoms with Crippen LogP contribution in [0.4, 0.5) is 5.69 Å². The van der Waals surface area contributed by atoms with Gasteiger partial charge in [-0.15, -0.1) is 12.4 Å². The minimum absolute atomic E-state index is 0. The van der Waals surface area contributed by atoms with Crippen molar-refractivity contribution in [2.24, 2.45) is 0 Å². The van der Waals surface area contributed by atoms with E-state index in [1.54, 1.807) is 0 Å². The fraction of sp³-hybridized carbons (Fsp3) is 0.133. The molecule has 1 heterocycles. The van der Waals surface area contributed by atoms with Crippen molar-refractivity contribution in [1.82, 2.24) is 0 Å². The predicted molar refractivity (Wildman–Crippen MR) is 77.7 cm³/mol. The third-order valence-corrected chi connectivity index (χ3v) is 3.15. The number of halogens is 1. The fourth-order valence-electron chi connectivity index (χ4n) is 2.29. The SMILES string of the molecule is Cl.N=C1Cc2ccccc2N1Cc1ccccc1. The summed E-state index contributed by atoms with van der Waals surface area (Å²) in [4.78, 5) is 2.09. The van der Waals surface area contributed by atoms with Crippen molar-refractivity contribution >= 4 is 23.9 Å². The molecule has 0 fully saturated rings. The number of benzene rings is 2. The molecule has 18 heavy (non-hydrogen) atoms. The van der Waals surface area contributed by atoms with Crippen LogP contribution in [0.25, 0.3) is 0 Å². The number of nitrogens with zero attached hydrogens (tertiary/aromatic N) is 1. The molecule has 92 valence electrons. The fourth-order valence-corrected chi connectivity index (χ4v) is 2.29. The maximum atomic E-state index is 8.07. The summed E-state index contributed by atoms with van der Waals surface area (Å²) in [5.74, 6) is 0.690. The molecule has 2 aromatic carbocycles. The second-order valence-electron chi connectivity index (χ2n) is 4.32. The third-order valence-electron chi connectivity index (χ3n) is 3.15. The van der Waals surface area contributed by atoms with Crippen molar-refractivity contribution in [3.8, 4) is 0 Å². The molecule has 0 bridgehead atoms. The van der Waals surface area contributed by atoms with Crippen LogP contribution in [0.5, 0.6) is 0 Å². The van der Waals surface area contributed by atoms with Gasteiger partial charge in [0.2, 0.25) is 0 Å². The second-order valence-corrected chi connectivity index (χ2v) is 4.32. The quantitative estimate of drug-likeness (QED) is 0.875. The van der Waals surface area contributed by atoms with Crippen LogP contribution in [-0.2, 0) is 13.0 Å². The standard InChI is InChI=1S/C15H14N2.ClH/c16-15-10-13-8-4-5-9-14(13)17(15)11-12-6-2-1-3-7-12;/h1-9,16H,10-11H2;1H. The van der Waals surface area contributed by atoms with Gasteiger partial charge in [0.1, 0.15) is 5.84 Å². The topological polar surface area (TPSA) is 27.1 Å². The van der Waals surface area contributed by atoms with E-state index in [0.29, 0.717) is 5.84 Å². The summed E-state index contributed by atoms with van der Waals surface area (Å²) in [5, 5.41) is 8.07. The van der Waals surface area contributed by atoms with Crippen molar-refractivity contribution in [1.29, 1.82) is 5.41 Å². The first kappa shape index (κ1) is 12.7. The molecule has 0 saturated carbocycles. The van der Waals surface area contributed by atoms with E-state index in [-0.39, 0.29) is 12.4 Å². The first-order valence-corrected chi connectivity index (χ1v) is 5.81. The molecule has 0 saturated heterocycles. The van der Waals surface area contributed by atoms with Gasteiger partial charge in [0, 0.05) is 18.7 Å². The summed E-state index contributed by atoms with van der Waals surface area (Å²) < 4.78 is 0. The molecule has 3 rings (SSSR count). The van der Waals surface area contributed by atoms with Crippen LogP contribution in [0.15, 0.2) is 54.6 Å². The van der Waals surface area contributed by atoms with Gasteiger partial charge in [0.15, 0.2) is 0 Å². The molecule has 1 aliphatic heterocycles. The van der Waals surface area contributed by atoms with E-state index in [4.69, 9.17) is 5.41 Å². The van der Waals surface area contributed by atoms with E-state index in [1.807, 2.05) is 30.3 Å². The molecule has 0 unspecified atom stereocenters. The summed E-state index contributed by atoms with van der Waals surface area (Å²) in [5.41, 5.74) is 3.68. The van der Waals surface area contributed by atoms with E-state index >= 15 is 0 Å². The number of para-hydroxylation sites is 1. The summed E-state index contributed by atoms with van der Waals surface area (Å²) >= 11 is 0. The van der Waals surface area contributed by atoms with Crippen molar-refractivity contribution in [3.05, 3.63) is 65.7 Å². The maximum absolute atomic E-state index is 8.07. The Bertz CT molecular complexity index is 551. The Labute approximate surface area is 113 Å². The molecule has 0 radical (unpaired) electrons. The first-order valence-electron chi connectivity index (χ1n) is 5.81. The highest BCUT2D eigenvalue weighted by atomic mass is 35.5. The van der Waals surface area contributed by atoms with Gasteiger partial charge in [0.05, 0.1) is 0 Å². The molecule has 0 atom stereocenters. The van der Waals surface area contributed by atoms with Gasteiger partial charge >= 0.3 is 0 Å². The molecule has 0 spiro atoms. The van der Waals surface area contributed by atoms with E-state index in [0.717, 1.165) is 13.0 Å². The second kappa shape index (κ2) is 5.23. The van der Waals surface area contributed by atoms with Crippen LogP contribution in [0.2, 0.25) is 0 Å². The normalized spacial score (nSPS) is 13.1. The van der Waals surface area contributed by atoms with Crippen LogP contribution in [-0.4, -0.2) is 5.84 Å². The van der Waals surface area contributed by atoms with Gasteiger partial charge in [-0.1, -0.05) is 48.5 Å². The lowest BCUT2D eigenvalue weighted by molar-refractivity contribution is 1.01. The van der Waals surface area contributed by atoms with E-state index < -0.39 is 0 Å². The number of hydrogen-bond donors (Lipinski definition) is 1. The minimum Gasteiger partial charge on any atom is -0.325 e. The largest absolute Gasteiger partial charge is 0.325 e. The van der Waals surface area contributed by atoms with Gasteiger partial charge in [-0.05, 0) is 17.2 Å². The zero-order valence-electron chi connectivity index (χ0n) is 9.97. The molecule has 1 aliphatic rings. The van der Waals surface area contributed by atoms with E-state index in [9.17, 15) is 0 Å². The van der Waals surface area contributed by atoms with Gasteiger partial charge < -0.3 is 4.90 Å². The molecule has 3 heteroatoms. The van der Waals surface area contributed by atoms with E-state index in [1.165, 1.54) is 16.8 Å². The highest BCUT2D eigenvalue weighted by Gasteiger charge is 2.23. The average molecular weight is 259 g/mol. The van der Waals surface area contributed by atoms with Gasteiger partial charge in [-0.3, -0.25) is 5.41 Å². The van der Waals surface area contributed by atoms with Crippen LogP contribution in [0.3, 0.4) is 0 Å². The highest BCUT2D eigenvalue weighted by molar-refractivity contribution is 6.03. The molecular weight excluding hydrogens is 244 g/mol. The highest BCUT2D eigenvalue weighted by Crippen LogP contribution is 2.29. The van der Waals surface area contributed by atoms with Crippen molar-refractivity contribution in [2.45, 2.75) is 13.0 Å². The maximum Gasteiger partial charge on any atom is 0.105 e. The van der Waals surface area contributed by atoms with Crippen molar-refractivity contribution < 1.29 is 0 Å². The number of hydrogen-bond acceptors (Lipinski definition) is 1. The zero-order valence-corrected chi connectivity index (χ0v) is 10.8. The molecule has 0 amide bonds. The van der Waals surface area contributed by atoms with Crippen LogP contribution >= 0.6 is 12.4 Å². The summed E-state index contributed by atoms with van der Waals surface area (Å²) in [6, 6.07) is 18.6. The van der Waals surface area contributed by atoms with Gasteiger partial charge in [-0.25, -0.2) is 0 Å². The first-order chi connectivity index (χ1) is 8.34. The molecule has 2 nitrogen and oxygen atoms in total. The smallest absolute Gasteiger partial charge is 0.105 e. The lowest BCUT2D eigenvalue weighted by Crippen LogP contribution is -2.25. The summed E-state index contributed by atoms with van der Waals surface area (Å²) in [6.45, 7) is 0.788. The molecular formula is C15H15ClN2. The van der Waals surface area contributed by atoms with E-state index in [2.05, 4.69) is 29.2 Å². The molecule has 0 aliphatic carbocycles. The number of rotatable bonds is 2. The van der Waals surface area contributed by atoms with Crippen molar-refractivity contribution in [2.75, 3.05) is 4.90 Å². The summed E-state index contributed by atoms with van der Waals surface area (Å²) in [7, 11) is 0. The average Bonchev–Trinajstić information content (AvgIpc) is 2.68. The third kappa shape index (κ3) is 2.24. The lowest BCUT2D eigenvalue weighted by Gasteiger charge is -2.19. The summed E-state index contributed by atoms with van der Waals surface area (Å²) in [6.07, 6.45) is 0.753. The minimum atomic E-state index is 0.